The first kappa shape index (κ1) is 12.1. The predicted molar refractivity (Wildman–Crippen MR) is 68.3 cm³/mol. The minimum atomic E-state index is 0.0334. The van der Waals surface area contributed by atoms with Crippen molar-refractivity contribution in [3.05, 3.63) is 35.1 Å². The number of aromatic nitrogens is 3. The van der Waals surface area contributed by atoms with Crippen molar-refractivity contribution < 1.29 is 0 Å². The number of nitrogen functional groups attached to an aromatic ring is 1. The highest BCUT2D eigenvalue weighted by molar-refractivity contribution is 6.28. The smallest absolute Gasteiger partial charge is 0.233 e. The van der Waals surface area contributed by atoms with Gasteiger partial charge < -0.3 is 11.1 Å². The summed E-state index contributed by atoms with van der Waals surface area (Å²) in [4.78, 5) is 11.4. The van der Waals surface area contributed by atoms with E-state index in [-0.39, 0.29) is 17.2 Å². The van der Waals surface area contributed by atoms with E-state index in [4.69, 9.17) is 22.6 Å². The van der Waals surface area contributed by atoms with Crippen molar-refractivity contribution >= 4 is 29.2 Å². The van der Waals surface area contributed by atoms with Crippen LogP contribution >= 0.6 is 11.6 Å². The third-order valence-corrected chi connectivity index (χ3v) is 2.29. The Balaban J connectivity index is 2.16. The Bertz CT molecular complexity index is 569. The summed E-state index contributed by atoms with van der Waals surface area (Å²) < 4.78 is 0. The Labute approximate surface area is 108 Å². The van der Waals surface area contributed by atoms with Gasteiger partial charge in [-0.1, -0.05) is 12.1 Å². The number of nitriles is 1. The van der Waals surface area contributed by atoms with E-state index in [0.717, 1.165) is 11.3 Å². The van der Waals surface area contributed by atoms with Crippen molar-refractivity contribution in [3.8, 4) is 6.07 Å². The van der Waals surface area contributed by atoms with Gasteiger partial charge in [0.25, 0.3) is 0 Å². The summed E-state index contributed by atoms with van der Waals surface area (Å²) >= 11 is 5.66. The van der Waals surface area contributed by atoms with Crippen molar-refractivity contribution in [2.24, 2.45) is 0 Å². The summed E-state index contributed by atoms with van der Waals surface area (Å²) in [5.74, 6) is 0.333. The normalized spacial score (nSPS) is 9.78. The molecule has 90 valence electrons. The van der Waals surface area contributed by atoms with Crippen molar-refractivity contribution in [2.75, 3.05) is 11.1 Å². The number of hydrogen-bond acceptors (Lipinski definition) is 6. The van der Waals surface area contributed by atoms with Crippen LogP contribution in [0.1, 0.15) is 5.56 Å². The SMILES string of the molecule is N#CCc1ccc(Nc2nc(N)nc(Cl)n2)cc1. The molecule has 1 aromatic heterocycles. The molecule has 2 aromatic rings. The van der Waals surface area contributed by atoms with Gasteiger partial charge in [0.15, 0.2) is 0 Å². The molecule has 0 aliphatic carbocycles. The zero-order valence-corrected chi connectivity index (χ0v) is 10.0. The van der Waals surface area contributed by atoms with Crippen LogP contribution in [0.4, 0.5) is 17.6 Å². The molecule has 0 radical (unpaired) electrons. The zero-order chi connectivity index (χ0) is 13.0. The van der Waals surface area contributed by atoms with Crippen LogP contribution in [0.15, 0.2) is 24.3 Å². The van der Waals surface area contributed by atoms with Crippen molar-refractivity contribution in [3.63, 3.8) is 0 Å². The van der Waals surface area contributed by atoms with Gasteiger partial charge in [-0.05, 0) is 29.3 Å². The van der Waals surface area contributed by atoms with Crippen LogP contribution in [-0.2, 0) is 6.42 Å². The van der Waals surface area contributed by atoms with Gasteiger partial charge in [-0.15, -0.1) is 0 Å². The lowest BCUT2D eigenvalue weighted by molar-refractivity contribution is 1.07. The Morgan fingerprint density at radius 3 is 2.56 bits per heavy atom. The number of nitrogens with one attached hydrogen (secondary N) is 1. The number of nitrogens with zero attached hydrogens (tertiary/aromatic N) is 4. The molecule has 1 aromatic carbocycles. The van der Waals surface area contributed by atoms with E-state index in [0.29, 0.717) is 6.42 Å². The lowest BCUT2D eigenvalue weighted by atomic mass is 10.1. The minimum absolute atomic E-state index is 0.0334. The van der Waals surface area contributed by atoms with E-state index in [1.165, 1.54) is 0 Å². The maximum Gasteiger partial charge on any atom is 0.233 e. The highest BCUT2D eigenvalue weighted by Crippen LogP contribution is 2.15. The number of benzene rings is 1. The van der Waals surface area contributed by atoms with E-state index in [2.05, 4.69) is 26.3 Å². The monoisotopic (exact) mass is 260 g/mol. The van der Waals surface area contributed by atoms with Gasteiger partial charge in [-0.3, -0.25) is 0 Å². The van der Waals surface area contributed by atoms with Crippen molar-refractivity contribution in [2.45, 2.75) is 6.42 Å². The van der Waals surface area contributed by atoms with Crippen LogP contribution in [0, 0.1) is 11.3 Å². The topological polar surface area (TPSA) is 101 Å². The first-order valence-corrected chi connectivity index (χ1v) is 5.45. The molecule has 3 N–H and O–H groups in total. The number of anilines is 3. The Morgan fingerprint density at radius 2 is 1.94 bits per heavy atom. The largest absolute Gasteiger partial charge is 0.368 e. The molecule has 18 heavy (non-hydrogen) atoms. The van der Waals surface area contributed by atoms with Crippen LogP contribution in [0.2, 0.25) is 5.28 Å². The van der Waals surface area contributed by atoms with Crippen molar-refractivity contribution in [1.29, 1.82) is 5.26 Å². The molecule has 0 aliphatic heterocycles. The molecule has 0 fully saturated rings. The Kier molecular flexibility index (Phi) is 3.55. The van der Waals surface area contributed by atoms with Gasteiger partial charge in [-0.2, -0.15) is 20.2 Å². The summed E-state index contributed by atoms with van der Waals surface area (Å²) in [6, 6.07) is 9.41. The van der Waals surface area contributed by atoms with Gasteiger partial charge >= 0.3 is 0 Å². The fraction of sp³-hybridized carbons (Fsp3) is 0.0909. The second-order valence-corrected chi connectivity index (χ2v) is 3.78. The summed E-state index contributed by atoms with van der Waals surface area (Å²) in [5, 5.41) is 11.5. The molecule has 0 aliphatic rings. The minimum Gasteiger partial charge on any atom is -0.368 e. The fourth-order valence-corrected chi connectivity index (χ4v) is 1.51. The lowest BCUT2D eigenvalue weighted by Crippen LogP contribution is -2.03. The molecular weight excluding hydrogens is 252 g/mol. The van der Waals surface area contributed by atoms with Gasteiger partial charge in [-0.25, -0.2) is 0 Å². The molecular formula is C11H9ClN6. The number of rotatable bonds is 3. The lowest BCUT2D eigenvalue weighted by Gasteiger charge is -2.05. The first-order chi connectivity index (χ1) is 8.67. The van der Waals surface area contributed by atoms with Gasteiger partial charge in [0.05, 0.1) is 12.5 Å². The summed E-state index contributed by atoms with van der Waals surface area (Å²) in [6.07, 6.45) is 0.380. The molecule has 7 heteroatoms. The first-order valence-electron chi connectivity index (χ1n) is 5.07. The average Bonchev–Trinajstić information content (AvgIpc) is 2.31. The quantitative estimate of drug-likeness (QED) is 0.874. The molecule has 0 atom stereocenters. The van der Waals surface area contributed by atoms with E-state index < -0.39 is 0 Å². The molecule has 0 saturated heterocycles. The number of halogens is 1. The van der Waals surface area contributed by atoms with Crippen LogP contribution in [0.3, 0.4) is 0 Å². The fourth-order valence-electron chi connectivity index (χ4n) is 1.35. The molecule has 0 bridgehead atoms. The summed E-state index contributed by atoms with van der Waals surface area (Å²) in [7, 11) is 0. The predicted octanol–water partition coefficient (Wildman–Crippen LogP) is 1.92. The third kappa shape index (κ3) is 3.06. The molecule has 2 rings (SSSR count). The van der Waals surface area contributed by atoms with Gasteiger partial charge in [0.1, 0.15) is 0 Å². The highest BCUT2D eigenvalue weighted by atomic mass is 35.5. The van der Waals surface area contributed by atoms with E-state index in [1.807, 2.05) is 24.3 Å². The second kappa shape index (κ2) is 5.29. The van der Waals surface area contributed by atoms with Gasteiger partial charge in [0.2, 0.25) is 17.2 Å². The van der Waals surface area contributed by atoms with Gasteiger partial charge in [0, 0.05) is 5.69 Å². The van der Waals surface area contributed by atoms with Crippen LogP contribution in [0.25, 0.3) is 0 Å². The van der Waals surface area contributed by atoms with Crippen molar-refractivity contribution in [1.82, 2.24) is 15.0 Å². The molecule has 0 saturated carbocycles. The highest BCUT2D eigenvalue weighted by Gasteiger charge is 2.02. The van der Waals surface area contributed by atoms with Crippen LogP contribution in [-0.4, -0.2) is 15.0 Å². The van der Waals surface area contributed by atoms with Crippen LogP contribution in [0.5, 0.6) is 0 Å². The molecule has 0 unspecified atom stereocenters. The van der Waals surface area contributed by atoms with E-state index in [9.17, 15) is 0 Å². The number of hydrogen-bond donors (Lipinski definition) is 2. The molecule has 6 nitrogen and oxygen atoms in total. The van der Waals surface area contributed by atoms with E-state index >= 15 is 0 Å². The summed E-state index contributed by atoms with van der Waals surface area (Å²) in [5.41, 5.74) is 7.17. The standard InChI is InChI=1S/C11H9ClN6/c12-9-16-10(14)18-11(17-9)15-8-3-1-7(2-4-8)5-6-13/h1-4H,5H2,(H3,14,15,16,17,18). The molecule has 1 heterocycles. The van der Waals surface area contributed by atoms with Crippen LogP contribution < -0.4 is 11.1 Å². The zero-order valence-electron chi connectivity index (χ0n) is 9.26. The third-order valence-electron chi connectivity index (χ3n) is 2.12. The number of nitrogens with two attached hydrogens (primary N) is 1. The molecule has 0 amide bonds. The molecule has 0 spiro atoms. The average molecular weight is 261 g/mol. The Hall–Kier alpha value is -2.39. The van der Waals surface area contributed by atoms with E-state index in [1.54, 1.807) is 0 Å². The second-order valence-electron chi connectivity index (χ2n) is 3.44. The maximum atomic E-state index is 8.56. The maximum absolute atomic E-state index is 8.56. The Morgan fingerprint density at radius 1 is 1.22 bits per heavy atom. The summed E-state index contributed by atoms with van der Waals surface area (Å²) in [6.45, 7) is 0.